The normalized spacial score (nSPS) is 10.7. The van der Waals surface area contributed by atoms with E-state index in [2.05, 4.69) is 20.2 Å². The van der Waals surface area contributed by atoms with Gasteiger partial charge in [0.1, 0.15) is 5.82 Å². The summed E-state index contributed by atoms with van der Waals surface area (Å²) in [5.41, 5.74) is 7.34. The average molecular weight is 240 g/mol. The Morgan fingerprint density at radius 1 is 1.33 bits per heavy atom. The van der Waals surface area contributed by atoms with E-state index in [4.69, 9.17) is 5.73 Å². The number of aromatic nitrogens is 5. The molecule has 0 aliphatic rings. The summed E-state index contributed by atoms with van der Waals surface area (Å²) in [6, 6.07) is 7.50. The highest BCUT2D eigenvalue weighted by Gasteiger charge is 2.06. The number of nitrogens with one attached hydrogen (secondary N) is 1. The third-order valence-corrected chi connectivity index (χ3v) is 2.57. The van der Waals surface area contributed by atoms with Crippen molar-refractivity contribution in [2.24, 2.45) is 0 Å². The minimum Gasteiger partial charge on any atom is -0.399 e. The Morgan fingerprint density at radius 2 is 2.28 bits per heavy atom. The Bertz CT molecular complexity index is 640. The highest BCUT2D eigenvalue weighted by molar-refractivity contribution is 5.60. The van der Waals surface area contributed by atoms with Crippen LogP contribution in [0.5, 0.6) is 0 Å². The number of nitrogen functional groups attached to an aromatic ring is 1. The molecule has 0 unspecified atom stereocenters. The van der Waals surface area contributed by atoms with Crippen molar-refractivity contribution in [3.63, 3.8) is 0 Å². The molecular formula is C12H12N6. The molecule has 0 atom stereocenters. The van der Waals surface area contributed by atoms with E-state index >= 15 is 0 Å². The van der Waals surface area contributed by atoms with Gasteiger partial charge < -0.3 is 10.3 Å². The fraction of sp³-hybridized carbons (Fsp3) is 0.0833. The molecule has 90 valence electrons. The first-order chi connectivity index (χ1) is 8.81. The third kappa shape index (κ3) is 2.08. The van der Waals surface area contributed by atoms with E-state index < -0.39 is 0 Å². The second-order valence-electron chi connectivity index (χ2n) is 3.97. The molecule has 6 nitrogen and oxygen atoms in total. The van der Waals surface area contributed by atoms with Crippen LogP contribution in [0.25, 0.3) is 11.4 Å². The Kier molecular flexibility index (Phi) is 2.53. The van der Waals surface area contributed by atoms with Crippen LogP contribution in [0.1, 0.15) is 5.82 Å². The molecule has 3 rings (SSSR count). The number of hydrogen-bond donors (Lipinski definition) is 2. The lowest BCUT2D eigenvalue weighted by Gasteiger charge is -1.97. The van der Waals surface area contributed by atoms with Gasteiger partial charge >= 0.3 is 0 Å². The van der Waals surface area contributed by atoms with E-state index in [-0.39, 0.29) is 0 Å². The molecule has 0 saturated heterocycles. The Morgan fingerprint density at radius 3 is 3.06 bits per heavy atom. The van der Waals surface area contributed by atoms with Gasteiger partial charge in [-0.2, -0.15) is 5.10 Å². The molecule has 0 saturated carbocycles. The lowest BCUT2D eigenvalue weighted by molar-refractivity contribution is 0.747. The minimum absolute atomic E-state index is 0.620. The number of hydrogen-bond acceptors (Lipinski definition) is 4. The van der Waals surface area contributed by atoms with Crippen LogP contribution < -0.4 is 5.73 Å². The van der Waals surface area contributed by atoms with Gasteiger partial charge in [-0.3, -0.25) is 5.10 Å². The molecule has 1 aromatic carbocycles. The van der Waals surface area contributed by atoms with E-state index in [9.17, 15) is 0 Å². The zero-order chi connectivity index (χ0) is 12.4. The maximum atomic E-state index is 5.73. The first-order valence-electron chi connectivity index (χ1n) is 5.54. The summed E-state index contributed by atoms with van der Waals surface area (Å²) in [5.74, 6) is 1.43. The monoisotopic (exact) mass is 240 g/mol. The molecule has 6 heteroatoms. The van der Waals surface area contributed by atoms with Gasteiger partial charge in [-0.25, -0.2) is 9.97 Å². The standard InChI is InChI=1S/C12H12N6/c13-10-3-1-2-9(6-10)12-15-11(16-17-12)7-18-5-4-14-8-18/h1-6,8H,7,13H2,(H,15,16,17). The number of rotatable bonds is 3. The SMILES string of the molecule is Nc1cccc(-c2n[nH]c(Cn3ccnc3)n2)c1. The van der Waals surface area contributed by atoms with Crippen molar-refractivity contribution < 1.29 is 0 Å². The summed E-state index contributed by atoms with van der Waals surface area (Å²) in [5, 5.41) is 7.09. The first-order valence-corrected chi connectivity index (χ1v) is 5.54. The summed E-state index contributed by atoms with van der Waals surface area (Å²) < 4.78 is 1.92. The van der Waals surface area contributed by atoms with Gasteiger partial charge in [-0.05, 0) is 12.1 Å². The van der Waals surface area contributed by atoms with Crippen LogP contribution >= 0.6 is 0 Å². The number of aromatic amines is 1. The Labute approximate surface area is 104 Å². The van der Waals surface area contributed by atoms with Crippen molar-refractivity contribution in [2.45, 2.75) is 6.54 Å². The molecule has 2 heterocycles. The van der Waals surface area contributed by atoms with Crippen LogP contribution in [-0.2, 0) is 6.54 Å². The highest BCUT2D eigenvalue weighted by atomic mass is 15.2. The zero-order valence-corrected chi connectivity index (χ0v) is 9.61. The summed E-state index contributed by atoms with van der Waals surface area (Å²) >= 11 is 0. The summed E-state index contributed by atoms with van der Waals surface area (Å²) in [6.07, 6.45) is 5.35. The lowest BCUT2D eigenvalue weighted by Crippen LogP contribution is -1.98. The van der Waals surface area contributed by atoms with Crippen LogP contribution in [0.2, 0.25) is 0 Å². The molecule has 0 radical (unpaired) electrons. The molecule has 3 aromatic rings. The molecule has 0 fully saturated rings. The number of imidazole rings is 1. The fourth-order valence-electron chi connectivity index (χ4n) is 1.73. The number of H-pyrrole nitrogens is 1. The van der Waals surface area contributed by atoms with E-state index in [1.54, 1.807) is 12.5 Å². The third-order valence-electron chi connectivity index (χ3n) is 2.57. The maximum Gasteiger partial charge on any atom is 0.181 e. The van der Waals surface area contributed by atoms with E-state index in [0.29, 0.717) is 18.1 Å². The average Bonchev–Trinajstić information content (AvgIpc) is 3.01. The Balaban J connectivity index is 1.85. The van der Waals surface area contributed by atoms with Crippen LogP contribution in [-0.4, -0.2) is 24.7 Å². The van der Waals surface area contributed by atoms with Gasteiger partial charge in [0.25, 0.3) is 0 Å². The van der Waals surface area contributed by atoms with Crippen molar-refractivity contribution in [2.75, 3.05) is 5.73 Å². The van der Waals surface area contributed by atoms with Crippen LogP contribution in [0.4, 0.5) is 5.69 Å². The van der Waals surface area contributed by atoms with Crippen molar-refractivity contribution >= 4 is 5.69 Å². The lowest BCUT2D eigenvalue weighted by atomic mass is 10.2. The molecule has 0 aliphatic heterocycles. The Hall–Kier alpha value is -2.63. The van der Waals surface area contributed by atoms with Crippen molar-refractivity contribution in [1.82, 2.24) is 24.7 Å². The van der Waals surface area contributed by atoms with Crippen molar-refractivity contribution in [3.05, 3.63) is 48.8 Å². The van der Waals surface area contributed by atoms with Crippen LogP contribution in [0.15, 0.2) is 43.0 Å². The molecule has 18 heavy (non-hydrogen) atoms. The van der Waals surface area contributed by atoms with E-state index in [1.807, 2.05) is 35.0 Å². The molecular weight excluding hydrogens is 228 g/mol. The second kappa shape index (κ2) is 4.33. The predicted octanol–water partition coefficient (Wildman–Crippen LogP) is 1.30. The first kappa shape index (κ1) is 10.5. The smallest absolute Gasteiger partial charge is 0.181 e. The highest BCUT2D eigenvalue weighted by Crippen LogP contribution is 2.17. The van der Waals surface area contributed by atoms with Crippen LogP contribution in [0.3, 0.4) is 0 Å². The van der Waals surface area contributed by atoms with Gasteiger partial charge in [0.05, 0.1) is 12.9 Å². The molecule has 2 aromatic heterocycles. The van der Waals surface area contributed by atoms with Gasteiger partial charge in [0, 0.05) is 23.6 Å². The maximum absolute atomic E-state index is 5.73. The molecule has 0 bridgehead atoms. The van der Waals surface area contributed by atoms with Gasteiger partial charge in [0.15, 0.2) is 5.82 Å². The van der Waals surface area contributed by atoms with Crippen molar-refractivity contribution in [3.8, 4) is 11.4 Å². The second-order valence-corrected chi connectivity index (χ2v) is 3.97. The van der Waals surface area contributed by atoms with Gasteiger partial charge in [0.2, 0.25) is 0 Å². The molecule has 0 spiro atoms. The van der Waals surface area contributed by atoms with Crippen LogP contribution in [0, 0.1) is 0 Å². The number of nitrogens with two attached hydrogens (primary N) is 1. The van der Waals surface area contributed by atoms with Crippen molar-refractivity contribution in [1.29, 1.82) is 0 Å². The van der Waals surface area contributed by atoms with Gasteiger partial charge in [-0.1, -0.05) is 12.1 Å². The minimum atomic E-state index is 0.620. The fourth-order valence-corrected chi connectivity index (χ4v) is 1.73. The number of benzene rings is 1. The summed E-state index contributed by atoms with van der Waals surface area (Å²) in [6.45, 7) is 0.620. The zero-order valence-electron chi connectivity index (χ0n) is 9.61. The summed E-state index contributed by atoms with van der Waals surface area (Å²) in [7, 11) is 0. The quantitative estimate of drug-likeness (QED) is 0.676. The topological polar surface area (TPSA) is 85.4 Å². The van der Waals surface area contributed by atoms with Gasteiger partial charge in [-0.15, -0.1) is 0 Å². The molecule has 0 amide bonds. The van der Waals surface area contributed by atoms with E-state index in [1.165, 1.54) is 0 Å². The number of anilines is 1. The molecule has 0 aliphatic carbocycles. The molecule has 3 N–H and O–H groups in total. The van der Waals surface area contributed by atoms with E-state index in [0.717, 1.165) is 11.4 Å². The largest absolute Gasteiger partial charge is 0.399 e. The predicted molar refractivity (Wildman–Crippen MR) is 67.6 cm³/mol. The summed E-state index contributed by atoms with van der Waals surface area (Å²) in [4.78, 5) is 8.40. The number of nitrogens with zero attached hydrogens (tertiary/aromatic N) is 4.